The summed E-state index contributed by atoms with van der Waals surface area (Å²) in [6.07, 6.45) is 1.20. The van der Waals surface area contributed by atoms with Gasteiger partial charge in [-0.2, -0.15) is 0 Å². The molecule has 1 aliphatic carbocycles. The Labute approximate surface area is 70.2 Å². The molecule has 0 aromatic rings. The van der Waals surface area contributed by atoms with Gasteiger partial charge in [0.05, 0.1) is 11.8 Å². The molecular weight excluding hydrogens is 160 g/mol. The molecule has 0 spiro atoms. The smallest absolute Gasteiger partial charge is 0.307 e. The minimum absolute atomic E-state index is 0.0106. The molecule has 1 aliphatic rings. The van der Waals surface area contributed by atoms with Crippen LogP contribution in [0.3, 0.4) is 0 Å². The van der Waals surface area contributed by atoms with Gasteiger partial charge in [0.1, 0.15) is 0 Å². The zero-order valence-corrected chi connectivity index (χ0v) is 6.86. The minimum atomic E-state index is -0.980. The molecule has 1 fully saturated rings. The van der Waals surface area contributed by atoms with Gasteiger partial charge in [0, 0.05) is 0 Å². The monoisotopic (exact) mass is 172 g/mol. The fraction of sp³-hybridized carbons (Fsp3) is 0.750. The zero-order valence-electron chi connectivity index (χ0n) is 6.86. The summed E-state index contributed by atoms with van der Waals surface area (Å²) in [7, 11) is 0. The Morgan fingerprint density at radius 2 is 1.75 bits per heavy atom. The molecule has 1 saturated carbocycles. The molecule has 0 aromatic heterocycles. The van der Waals surface area contributed by atoms with Gasteiger partial charge in [-0.25, -0.2) is 0 Å². The highest BCUT2D eigenvalue weighted by Crippen LogP contribution is 2.36. The van der Waals surface area contributed by atoms with Crippen LogP contribution in [0.15, 0.2) is 0 Å². The molecule has 12 heavy (non-hydrogen) atoms. The van der Waals surface area contributed by atoms with Crippen molar-refractivity contribution in [2.24, 2.45) is 17.8 Å². The average Bonchev–Trinajstić information content (AvgIpc) is 2.30. The topological polar surface area (TPSA) is 74.6 Å². The number of carboxylic acid groups (broad SMARTS) is 2. The van der Waals surface area contributed by atoms with Gasteiger partial charge in [-0.05, 0) is 18.8 Å². The van der Waals surface area contributed by atoms with E-state index in [1.54, 1.807) is 6.92 Å². The molecule has 4 nitrogen and oxygen atoms in total. The first-order chi connectivity index (χ1) is 5.54. The van der Waals surface area contributed by atoms with Crippen LogP contribution in [0.4, 0.5) is 0 Å². The molecule has 0 heterocycles. The number of carbonyl (C=O) groups is 2. The van der Waals surface area contributed by atoms with Gasteiger partial charge >= 0.3 is 11.9 Å². The van der Waals surface area contributed by atoms with Crippen LogP contribution in [0, 0.1) is 17.8 Å². The Morgan fingerprint density at radius 1 is 1.17 bits per heavy atom. The lowest BCUT2D eigenvalue weighted by Crippen LogP contribution is -2.28. The number of hydrogen-bond donors (Lipinski definition) is 2. The number of hydrogen-bond acceptors (Lipinski definition) is 2. The van der Waals surface area contributed by atoms with E-state index in [9.17, 15) is 9.59 Å². The highest BCUT2D eigenvalue weighted by molar-refractivity contribution is 5.80. The van der Waals surface area contributed by atoms with Crippen molar-refractivity contribution < 1.29 is 19.8 Å². The molecule has 3 atom stereocenters. The Balaban J connectivity index is 2.77. The third kappa shape index (κ3) is 1.42. The maximum absolute atomic E-state index is 10.7. The molecule has 0 radical (unpaired) electrons. The summed E-state index contributed by atoms with van der Waals surface area (Å²) in [6, 6.07) is 0. The number of carboxylic acids is 2. The Bertz CT molecular complexity index is 211. The van der Waals surface area contributed by atoms with Crippen LogP contribution in [-0.2, 0) is 9.59 Å². The summed E-state index contributed by atoms with van der Waals surface area (Å²) in [6.45, 7) is 1.79. The van der Waals surface area contributed by atoms with Crippen molar-refractivity contribution in [1.82, 2.24) is 0 Å². The summed E-state index contributed by atoms with van der Waals surface area (Å²) in [5.74, 6) is -3.34. The van der Waals surface area contributed by atoms with E-state index in [0.29, 0.717) is 12.8 Å². The third-order valence-electron chi connectivity index (χ3n) is 2.58. The maximum Gasteiger partial charge on any atom is 0.307 e. The van der Waals surface area contributed by atoms with Gasteiger partial charge in [-0.15, -0.1) is 0 Å². The van der Waals surface area contributed by atoms with Crippen molar-refractivity contribution in [2.75, 3.05) is 0 Å². The van der Waals surface area contributed by atoms with Crippen molar-refractivity contribution in [3.05, 3.63) is 0 Å². The molecule has 4 heteroatoms. The molecule has 0 unspecified atom stereocenters. The number of aliphatic carboxylic acids is 2. The quantitative estimate of drug-likeness (QED) is 0.646. The largest absolute Gasteiger partial charge is 0.481 e. The van der Waals surface area contributed by atoms with Crippen molar-refractivity contribution in [1.29, 1.82) is 0 Å². The second kappa shape index (κ2) is 3.13. The lowest BCUT2D eigenvalue weighted by Gasteiger charge is -2.13. The Hall–Kier alpha value is -1.06. The fourth-order valence-corrected chi connectivity index (χ4v) is 1.89. The van der Waals surface area contributed by atoms with E-state index in [4.69, 9.17) is 10.2 Å². The van der Waals surface area contributed by atoms with E-state index in [-0.39, 0.29) is 5.92 Å². The van der Waals surface area contributed by atoms with Gasteiger partial charge in [0.25, 0.3) is 0 Å². The SMILES string of the molecule is C[C@@H]1CC[C@H](C(=O)O)[C@H]1C(=O)O. The second-order valence-electron chi connectivity index (χ2n) is 3.36. The summed E-state index contributed by atoms with van der Waals surface area (Å²) in [4.78, 5) is 21.3. The van der Waals surface area contributed by atoms with E-state index in [2.05, 4.69) is 0 Å². The second-order valence-corrected chi connectivity index (χ2v) is 3.36. The predicted molar refractivity (Wildman–Crippen MR) is 40.6 cm³/mol. The summed E-state index contributed by atoms with van der Waals surface area (Å²) >= 11 is 0. The molecular formula is C8H12O4. The molecule has 0 aromatic carbocycles. The van der Waals surface area contributed by atoms with Gasteiger partial charge < -0.3 is 10.2 Å². The van der Waals surface area contributed by atoms with Gasteiger partial charge in [-0.3, -0.25) is 9.59 Å². The van der Waals surface area contributed by atoms with Crippen LogP contribution in [0.25, 0.3) is 0 Å². The molecule has 68 valence electrons. The Kier molecular flexibility index (Phi) is 2.35. The standard InChI is InChI=1S/C8H12O4/c1-4-2-3-5(7(9)10)6(4)8(11)12/h4-6H,2-3H2,1H3,(H,9,10)(H,11,12)/t4-,5+,6+/m1/s1. The van der Waals surface area contributed by atoms with Gasteiger partial charge in [0.2, 0.25) is 0 Å². The van der Waals surface area contributed by atoms with E-state index in [1.807, 2.05) is 0 Å². The van der Waals surface area contributed by atoms with Crippen LogP contribution in [0.5, 0.6) is 0 Å². The van der Waals surface area contributed by atoms with Crippen LogP contribution in [0.1, 0.15) is 19.8 Å². The van der Waals surface area contributed by atoms with E-state index in [0.717, 1.165) is 0 Å². The van der Waals surface area contributed by atoms with Gasteiger partial charge in [0.15, 0.2) is 0 Å². The van der Waals surface area contributed by atoms with Crippen molar-refractivity contribution in [3.8, 4) is 0 Å². The van der Waals surface area contributed by atoms with Crippen LogP contribution in [0.2, 0.25) is 0 Å². The van der Waals surface area contributed by atoms with E-state index < -0.39 is 23.8 Å². The third-order valence-corrected chi connectivity index (χ3v) is 2.58. The summed E-state index contributed by atoms with van der Waals surface area (Å²) < 4.78 is 0. The first-order valence-corrected chi connectivity index (χ1v) is 3.99. The summed E-state index contributed by atoms with van der Waals surface area (Å²) in [5, 5.41) is 17.4. The zero-order chi connectivity index (χ0) is 9.30. The molecule has 0 saturated heterocycles. The molecule has 0 amide bonds. The lowest BCUT2D eigenvalue weighted by atomic mass is 9.91. The Morgan fingerprint density at radius 3 is 2.08 bits per heavy atom. The van der Waals surface area contributed by atoms with E-state index in [1.165, 1.54) is 0 Å². The van der Waals surface area contributed by atoms with Gasteiger partial charge in [-0.1, -0.05) is 6.92 Å². The molecule has 0 aliphatic heterocycles. The highest BCUT2D eigenvalue weighted by Gasteiger charge is 2.42. The predicted octanol–water partition coefficient (Wildman–Crippen LogP) is 0.818. The summed E-state index contributed by atoms with van der Waals surface area (Å²) in [5.41, 5.74) is 0. The number of rotatable bonds is 2. The minimum Gasteiger partial charge on any atom is -0.481 e. The first-order valence-electron chi connectivity index (χ1n) is 3.99. The first kappa shape index (κ1) is 9.03. The highest BCUT2D eigenvalue weighted by atomic mass is 16.4. The fourth-order valence-electron chi connectivity index (χ4n) is 1.89. The van der Waals surface area contributed by atoms with Crippen LogP contribution >= 0.6 is 0 Å². The molecule has 2 N–H and O–H groups in total. The van der Waals surface area contributed by atoms with Crippen molar-refractivity contribution in [3.63, 3.8) is 0 Å². The molecule has 1 rings (SSSR count). The molecule has 0 bridgehead atoms. The lowest BCUT2D eigenvalue weighted by molar-refractivity contribution is -0.153. The van der Waals surface area contributed by atoms with Crippen LogP contribution in [-0.4, -0.2) is 22.2 Å². The van der Waals surface area contributed by atoms with E-state index >= 15 is 0 Å². The van der Waals surface area contributed by atoms with Crippen LogP contribution < -0.4 is 0 Å². The van der Waals surface area contributed by atoms with Crippen molar-refractivity contribution >= 4 is 11.9 Å². The normalized spacial score (nSPS) is 34.9. The maximum atomic E-state index is 10.7. The average molecular weight is 172 g/mol. The van der Waals surface area contributed by atoms with Crippen molar-refractivity contribution in [2.45, 2.75) is 19.8 Å².